The summed E-state index contributed by atoms with van der Waals surface area (Å²) in [6.45, 7) is 4.74. The number of halogens is 1. The normalized spacial score (nSPS) is 15.2. The number of benzene rings is 1. The highest BCUT2D eigenvalue weighted by molar-refractivity contribution is 9.10. The predicted molar refractivity (Wildman–Crippen MR) is 53.3 cm³/mol. The van der Waals surface area contributed by atoms with Gasteiger partial charge in [-0.15, -0.1) is 0 Å². The van der Waals surface area contributed by atoms with Crippen molar-refractivity contribution in [2.24, 2.45) is 0 Å². The van der Waals surface area contributed by atoms with E-state index in [-0.39, 0.29) is 0 Å². The van der Waals surface area contributed by atoms with E-state index in [1.165, 1.54) is 0 Å². The van der Waals surface area contributed by atoms with Gasteiger partial charge in [-0.3, -0.25) is 0 Å². The zero-order valence-electron chi connectivity index (χ0n) is 6.64. The molecule has 12 heavy (non-hydrogen) atoms. The van der Waals surface area contributed by atoms with Crippen LogP contribution in [0.5, 0.6) is 5.75 Å². The van der Waals surface area contributed by atoms with Crippen molar-refractivity contribution in [2.45, 2.75) is 6.42 Å². The minimum atomic E-state index is 0.744. The summed E-state index contributed by atoms with van der Waals surface area (Å²) in [5, 5.41) is 0. The molecule has 1 aromatic rings. The molecule has 0 atom stereocenters. The number of hydrogen-bond acceptors (Lipinski definition) is 1. The lowest BCUT2D eigenvalue weighted by molar-refractivity contribution is 0.314. The third kappa shape index (κ3) is 1.16. The molecule has 0 spiro atoms. The van der Waals surface area contributed by atoms with E-state index in [2.05, 4.69) is 22.5 Å². The van der Waals surface area contributed by atoms with Crippen molar-refractivity contribution in [3.05, 3.63) is 34.8 Å². The highest BCUT2D eigenvalue weighted by Crippen LogP contribution is 2.37. The third-order valence-corrected chi connectivity index (χ3v) is 2.62. The Hall–Kier alpha value is -0.760. The standard InChI is InChI=1S/C10H9BrO/c1-7-5-6-12-10-8(7)3-2-4-9(10)11/h2-4H,1,5-6H2. The molecule has 0 aliphatic carbocycles. The van der Waals surface area contributed by atoms with Gasteiger partial charge in [0.2, 0.25) is 0 Å². The number of rotatable bonds is 0. The summed E-state index contributed by atoms with van der Waals surface area (Å²) < 4.78 is 6.53. The molecule has 0 saturated carbocycles. The van der Waals surface area contributed by atoms with Gasteiger partial charge in [0.25, 0.3) is 0 Å². The lowest BCUT2D eigenvalue weighted by Crippen LogP contribution is -2.07. The van der Waals surface area contributed by atoms with Crippen LogP contribution in [0.2, 0.25) is 0 Å². The quantitative estimate of drug-likeness (QED) is 0.658. The van der Waals surface area contributed by atoms with Gasteiger partial charge in [0, 0.05) is 12.0 Å². The molecule has 0 bridgehead atoms. The molecule has 0 fully saturated rings. The van der Waals surface area contributed by atoms with Crippen molar-refractivity contribution < 1.29 is 4.74 Å². The minimum Gasteiger partial charge on any atom is -0.491 e. The van der Waals surface area contributed by atoms with Gasteiger partial charge < -0.3 is 4.74 Å². The number of hydrogen-bond donors (Lipinski definition) is 0. The van der Waals surface area contributed by atoms with Gasteiger partial charge in [0.05, 0.1) is 11.1 Å². The van der Waals surface area contributed by atoms with Crippen LogP contribution in [0, 0.1) is 0 Å². The van der Waals surface area contributed by atoms with Gasteiger partial charge in [-0.1, -0.05) is 18.7 Å². The summed E-state index contributed by atoms with van der Waals surface area (Å²) in [6.07, 6.45) is 0.934. The van der Waals surface area contributed by atoms with Crippen LogP contribution in [-0.4, -0.2) is 6.61 Å². The Kier molecular flexibility index (Phi) is 1.93. The number of fused-ring (bicyclic) bond motifs is 1. The van der Waals surface area contributed by atoms with Crippen molar-refractivity contribution in [3.63, 3.8) is 0 Å². The van der Waals surface area contributed by atoms with E-state index in [4.69, 9.17) is 4.74 Å². The van der Waals surface area contributed by atoms with E-state index < -0.39 is 0 Å². The van der Waals surface area contributed by atoms with Crippen LogP contribution in [-0.2, 0) is 0 Å². The predicted octanol–water partition coefficient (Wildman–Crippen LogP) is 3.24. The summed E-state index contributed by atoms with van der Waals surface area (Å²) in [5.41, 5.74) is 2.30. The monoisotopic (exact) mass is 224 g/mol. The summed E-state index contributed by atoms with van der Waals surface area (Å²) in [7, 11) is 0. The minimum absolute atomic E-state index is 0.744. The molecular formula is C10H9BrO. The summed E-state index contributed by atoms with van der Waals surface area (Å²) in [4.78, 5) is 0. The van der Waals surface area contributed by atoms with E-state index in [1.54, 1.807) is 0 Å². The second-order valence-electron chi connectivity index (χ2n) is 2.82. The Morgan fingerprint density at radius 2 is 2.25 bits per heavy atom. The largest absolute Gasteiger partial charge is 0.491 e. The first kappa shape index (κ1) is 7.87. The number of ether oxygens (including phenoxy) is 1. The summed E-state index contributed by atoms with van der Waals surface area (Å²) in [6, 6.07) is 6.03. The van der Waals surface area contributed by atoms with E-state index >= 15 is 0 Å². The van der Waals surface area contributed by atoms with Crippen molar-refractivity contribution >= 4 is 21.5 Å². The van der Waals surface area contributed by atoms with Crippen molar-refractivity contribution in [1.29, 1.82) is 0 Å². The van der Waals surface area contributed by atoms with Gasteiger partial charge >= 0.3 is 0 Å². The van der Waals surface area contributed by atoms with Crippen molar-refractivity contribution in [2.75, 3.05) is 6.61 Å². The third-order valence-electron chi connectivity index (χ3n) is 2.00. The molecular weight excluding hydrogens is 216 g/mol. The lowest BCUT2D eigenvalue weighted by atomic mass is 10.0. The van der Waals surface area contributed by atoms with Crippen molar-refractivity contribution in [3.8, 4) is 5.75 Å². The van der Waals surface area contributed by atoms with E-state index in [9.17, 15) is 0 Å². The lowest BCUT2D eigenvalue weighted by Gasteiger charge is -2.19. The van der Waals surface area contributed by atoms with Crippen LogP contribution >= 0.6 is 15.9 Å². The average Bonchev–Trinajstić information content (AvgIpc) is 2.07. The Morgan fingerprint density at radius 3 is 3.00 bits per heavy atom. The molecule has 1 heterocycles. The van der Waals surface area contributed by atoms with Gasteiger partial charge in [-0.2, -0.15) is 0 Å². The highest BCUT2D eigenvalue weighted by atomic mass is 79.9. The van der Waals surface area contributed by atoms with Gasteiger partial charge in [0.1, 0.15) is 5.75 Å². The SMILES string of the molecule is C=C1CCOc2c(Br)cccc21. The van der Waals surface area contributed by atoms with E-state index in [1.807, 2.05) is 18.2 Å². The smallest absolute Gasteiger partial charge is 0.140 e. The van der Waals surface area contributed by atoms with E-state index in [0.29, 0.717) is 0 Å². The maximum atomic E-state index is 5.52. The van der Waals surface area contributed by atoms with Crippen LogP contribution in [0.1, 0.15) is 12.0 Å². The fraction of sp³-hybridized carbons (Fsp3) is 0.200. The molecule has 1 aromatic carbocycles. The fourth-order valence-electron chi connectivity index (χ4n) is 1.34. The molecule has 1 aliphatic rings. The Morgan fingerprint density at radius 1 is 1.42 bits per heavy atom. The van der Waals surface area contributed by atoms with Crippen molar-refractivity contribution in [1.82, 2.24) is 0 Å². The van der Waals surface area contributed by atoms with Gasteiger partial charge in [-0.25, -0.2) is 0 Å². The second kappa shape index (κ2) is 2.94. The first-order chi connectivity index (χ1) is 5.79. The Labute approximate surface area is 80.2 Å². The van der Waals surface area contributed by atoms with Crippen LogP contribution in [0.25, 0.3) is 5.57 Å². The molecule has 0 saturated heterocycles. The Balaban J connectivity index is 2.59. The molecule has 2 heteroatoms. The molecule has 0 N–H and O–H groups in total. The molecule has 0 unspecified atom stereocenters. The maximum Gasteiger partial charge on any atom is 0.140 e. The highest BCUT2D eigenvalue weighted by Gasteiger charge is 2.15. The fourth-order valence-corrected chi connectivity index (χ4v) is 1.83. The summed E-state index contributed by atoms with van der Waals surface area (Å²) >= 11 is 3.44. The molecule has 1 aliphatic heterocycles. The first-order valence-electron chi connectivity index (χ1n) is 3.88. The van der Waals surface area contributed by atoms with Crippen LogP contribution in [0.3, 0.4) is 0 Å². The number of para-hydroxylation sites is 1. The van der Waals surface area contributed by atoms with Crippen LogP contribution in [0.15, 0.2) is 29.3 Å². The molecule has 1 nitrogen and oxygen atoms in total. The maximum absolute atomic E-state index is 5.52. The average molecular weight is 225 g/mol. The van der Waals surface area contributed by atoms with Crippen LogP contribution in [0.4, 0.5) is 0 Å². The summed E-state index contributed by atoms with van der Waals surface area (Å²) in [5.74, 6) is 0.939. The molecule has 0 radical (unpaired) electrons. The van der Waals surface area contributed by atoms with E-state index in [0.717, 1.165) is 34.4 Å². The van der Waals surface area contributed by atoms with Gasteiger partial charge in [-0.05, 0) is 27.6 Å². The molecule has 0 aromatic heterocycles. The zero-order valence-corrected chi connectivity index (χ0v) is 8.23. The molecule has 2 rings (SSSR count). The first-order valence-corrected chi connectivity index (χ1v) is 4.68. The zero-order chi connectivity index (χ0) is 8.55. The second-order valence-corrected chi connectivity index (χ2v) is 3.67. The van der Waals surface area contributed by atoms with Crippen LogP contribution < -0.4 is 4.74 Å². The topological polar surface area (TPSA) is 9.23 Å². The molecule has 62 valence electrons. The Bertz CT molecular complexity index is 331. The van der Waals surface area contributed by atoms with Gasteiger partial charge in [0.15, 0.2) is 0 Å². The molecule has 0 amide bonds.